The van der Waals surface area contributed by atoms with E-state index in [1.807, 2.05) is 11.5 Å². The van der Waals surface area contributed by atoms with Crippen molar-refractivity contribution in [3.05, 3.63) is 21.6 Å². The van der Waals surface area contributed by atoms with Crippen molar-refractivity contribution in [1.29, 1.82) is 0 Å². The minimum Gasteiger partial charge on any atom is -0.358 e. The molecule has 0 spiro atoms. The molecular formula is C9H14N4O2. The molecule has 1 aromatic heterocycles. The Morgan fingerprint density at radius 2 is 2.47 bits per heavy atom. The van der Waals surface area contributed by atoms with Crippen LogP contribution in [0.25, 0.3) is 0 Å². The molecule has 0 aromatic carbocycles. The molecule has 0 saturated carbocycles. The lowest BCUT2D eigenvalue weighted by Crippen LogP contribution is -2.31. The number of nitro groups is 1. The quantitative estimate of drug-likeness (QED) is 0.572. The Kier molecular flexibility index (Phi) is 2.44. The summed E-state index contributed by atoms with van der Waals surface area (Å²) in [6.07, 6.45) is 2.15. The fraction of sp³-hybridized carbons (Fsp3) is 0.667. The van der Waals surface area contributed by atoms with Crippen molar-refractivity contribution in [2.45, 2.75) is 38.8 Å². The second-order valence-corrected chi connectivity index (χ2v) is 3.81. The molecule has 1 atom stereocenters. The van der Waals surface area contributed by atoms with Crippen molar-refractivity contribution in [3.8, 4) is 0 Å². The van der Waals surface area contributed by atoms with Crippen LogP contribution in [0.2, 0.25) is 0 Å². The molecule has 0 amide bonds. The van der Waals surface area contributed by atoms with Gasteiger partial charge in [0.05, 0.1) is 0 Å². The highest BCUT2D eigenvalue weighted by atomic mass is 16.6. The van der Waals surface area contributed by atoms with Gasteiger partial charge in [0.15, 0.2) is 0 Å². The summed E-state index contributed by atoms with van der Waals surface area (Å²) in [4.78, 5) is 14.4. The highest BCUT2D eigenvalue weighted by Gasteiger charge is 2.30. The SMILES string of the molecule is CCc1nc([N+](=O)[O-])c2n1CCC(N)C2. The molecule has 0 radical (unpaired) electrons. The third-order valence-corrected chi connectivity index (χ3v) is 2.80. The lowest BCUT2D eigenvalue weighted by molar-refractivity contribution is -0.390. The summed E-state index contributed by atoms with van der Waals surface area (Å²) in [7, 11) is 0. The van der Waals surface area contributed by atoms with Gasteiger partial charge < -0.3 is 20.4 Å². The van der Waals surface area contributed by atoms with Crippen LogP contribution in [0.4, 0.5) is 5.82 Å². The Hall–Kier alpha value is -1.43. The largest absolute Gasteiger partial charge is 0.385 e. The van der Waals surface area contributed by atoms with E-state index in [9.17, 15) is 10.1 Å². The Morgan fingerprint density at radius 3 is 3.07 bits per heavy atom. The van der Waals surface area contributed by atoms with Crippen LogP contribution in [0.15, 0.2) is 0 Å². The van der Waals surface area contributed by atoms with E-state index in [4.69, 9.17) is 5.73 Å². The summed E-state index contributed by atoms with van der Waals surface area (Å²) < 4.78 is 1.95. The molecule has 1 aliphatic rings. The molecule has 6 heteroatoms. The van der Waals surface area contributed by atoms with Gasteiger partial charge in [0.1, 0.15) is 5.69 Å². The molecule has 2 rings (SSSR count). The van der Waals surface area contributed by atoms with Gasteiger partial charge in [0, 0.05) is 25.4 Å². The molecule has 2 heterocycles. The lowest BCUT2D eigenvalue weighted by atomic mass is 10.1. The first-order chi connectivity index (χ1) is 7.13. The van der Waals surface area contributed by atoms with Crippen LogP contribution in [0.5, 0.6) is 0 Å². The Bertz CT molecular complexity index is 399. The summed E-state index contributed by atoms with van der Waals surface area (Å²) in [6.45, 7) is 2.70. The molecule has 0 saturated heterocycles. The molecule has 82 valence electrons. The van der Waals surface area contributed by atoms with Crippen molar-refractivity contribution >= 4 is 5.82 Å². The van der Waals surface area contributed by atoms with E-state index in [1.165, 1.54) is 0 Å². The molecule has 15 heavy (non-hydrogen) atoms. The third-order valence-electron chi connectivity index (χ3n) is 2.80. The van der Waals surface area contributed by atoms with Crippen molar-refractivity contribution in [2.24, 2.45) is 5.73 Å². The van der Waals surface area contributed by atoms with E-state index < -0.39 is 4.92 Å². The van der Waals surface area contributed by atoms with Gasteiger partial charge in [-0.1, -0.05) is 6.92 Å². The number of rotatable bonds is 2. The average molecular weight is 210 g/mol. The van der Waals surface area contributed by atoms with E-state index in [0.717, 1.165) is 25.2 Å². The van der Waals surface area contributed by atoms with Crippen LogP contribution in [-0.2, 0) is 19.4 Å². The Morgan fingerprint density at radius 1 is 1.73 bits per heavy atom. The summed E-state index contributed by atoms with van der Waals surface area (Å²) in [5.74, 6) is 0.783. The first-order valence-electron chi connectivity index (χ1n) is 5.11. The van der Waals surface area contributed by atoms with Gasteiger partial charge in [-0.05, 0) is 16.3 Å². The molecule has 0 aliphatic carbocycles. The number of fused-ring (bicyclic) bond motifs is 1. The summed E-state index contributed by atoms with van der Waals surface area (Å²) in [5, 5.41) is 10.8. The highest BCUT2D eigenvalue weighted by molar-refractivity contribution is 5.32. The first-order valence-corrected chi connectivity index (χ1v) is 5.11. The zero-order valence-electron chi connectivity index (χ0n) is 8.64. The Labute approximate surface area is 87.2 Å². The number of hydrogen-bond donors (Lipinski definition) is 1. The zero-order chi connectivity index (χ0) is 11.0. The van der Waals surface area contributed by atoms with Gasteiger partial charge in [0.25, 0.3) is 0 Å². The van der Waals surface area contributed by atoms with Gasteiger partial charge >= 0.3 is 5.82 Å². The van der Waals surface area contributed by atoms with Crippen LogP contribution in [0.1, 0.15) is 24.9 Å². The van der Waals surface area contributed by atoms with Crippen molar-refractivity contribution in [3.63, 3.8) is 0 Å². The smallest absolute Gasteiger partial charge is 0.358 e. The van der Waals surface area contributed by atoms with Crippen molar-refractivity contribution in [1.82, 2.24) is 9.55 Å². The fourth-order valence-electron chi connectivity index (χ4n) is 2.05. The highest BCUT2D eigenvalue weighted by Crippen LogP contribution is 2.25. The average Bonchev–Trinajstić information content (AvgIpc) is 2.55. The molecule has 6 nitrogen and oxygen atoms in total. The number of nitrogens with zero attached hydrogens (tertiary/aromatic N) is 3. The second-order valence-electron chi connectivity index (χ2n) is 3.81. The van der Waals surface area contributed by atoms with Crippen LogP contribution in [0, 0.1) is 10.1 Å². The summed E-state index contributed by atoms with van der Waals surface area (Å²) >= 11 is 0. The zero-order valence-corrected chi connectivity index (χ0v) is 8.64. The Balaban J connectivity index is 2.50. The molecule has 1 aromatic rings. The van der Waals surface area contributed by atoms with E-state index in [1.54, 1.807) is 0 Å². The predicted molar refractivity (Wildman–Crippen MR) is 54.6 cm³/mol. The van der Waals surface area contributed by atoms with E-state index >= 15 is 0 Å². The van der Waals surface area contributed by atoms with Crippen LogP contribution in [0.3, 0.4) is 0 Å². The van der Waals surface area contributed by atoms with Gasteiger partial charge in [-0.15, -0.1) is 0 Å². The maximum absolute atomic E-state index is 10.8. The lowest BCUT2D eigenvalue weighted by Gasteiger charge is -2.19. The second kappa shape index (κ2) is 3.62. The molecular weight excluding hydrogens is 196 g/mol. The maximum atomic E-state index is 10.8. The monoisotopic (exact) mass is 210 g/mol. The van der Waals surface area contributed by atoms with Crippen molar-refractivity contribution < 1.29 is 4.92 Å². The van der Waals surface area contributed by atoms with Gasteiger partial charge in [-0.25, -0.2) is 0 Å². The maximum Gasteiger partial charge on any atom is 0.385 e. The van der Waals surface area contributed by atoms with Gasteiger partial charge in [-0.3, -0.25) is 0 Å². The number of hydrogen-bond acceptors (Lipinski definition) is 4. The molecule has 0 fully saturated rings. The van der Waals surface area contributed by atoms with Crippen LogP contribution >= 0.6 is 0 Å². The third kappa shape index (κ3) is 1.61. The number of imidazole rings is 1. The van der Waals surface area contributed by atoms with Gasteiger partial charge in [-0.2, -0.15) is 0 Å². The molecule has 0 bridgehead atoms. The number of nitrogens with two attached hydrogens (primary N) is 1. The summed E-state index contributed by atoms with van der Waals surface area (Å²) in [6, 6.07) is 0.0256. The van der Waals surface area contributed by atoms with E-state index in [-0.39, 0.29) is 11.9 Å². The van der Waals surface area contributed by atoms with Gasteiger partial charge in [0.2, 0.25) is 5.82 Å². The first kappa shape index (κ1) is 10.1. The number of aromatic nitrogens is 2. The standard InChI is InChI=1S/C9H14N4O2/c1-2-8-11-9(13(14)15)7-5-6(10)3-4-12(7)8/h6H,2-5,10H2,1H3. The van der Waals surface area contributed by atoms with E-state index in [2.05, 4.69) is 4.98 Å². The molecule has 1 aliphatic heterocycles. The molecule has 2 N–H and O–H groups in total. The normalized spacial score (nSPS) is 20.0. The topological polar surface area (TPSA) is 87.0 Å². The van der Waals surface area contributed by atoms with Crippen molar-refractivity contribution in [2.75, 3.05) is 0 Å². The predicted octanol–water partition coefficient (Wildman–Crippen LogP) is 0.627. The fourth-order valence-corrected chi connectivity index (χ4v) is 2.05. The van der Waals surface area contributed by atoms with Crippen LogP contribution < -0.4 is 5.73 Å². The number of aryl methyl sites for hydroxylation is 1. The van der Waals surface area contributed by atoms with E-state index in [0.29, 0.717) is 12.1 Å². The minimum atomic E-state index is -0.414. The summed E-state index contributed by atoms with van der Waals surface area (Å²) in [5.41, 5.74) is 6.50. The van der Waals surface area contributed by atoms with Crippen LogP contribution in [-0.4, -0.2) is 20.5 Å². The minimum absolute atomic E-state index is 0.0120. The molecule has 1 unspecified atom stereocenters.